The van der Waals surface area contributed by atoms with Crippen LogP contribution in [-0.4, -0.2) is 15.9 Å². The first-order valence-corrected chi connectivity index (χ1v) is 7.40. The standard InChI is InChI=1S/C19H17N3O/c1-13-8-11-18(20-12-13)22-19(23)16-9-10-17(21-14(16)2)15-6-4-3-5-7-15/h3-12H,1-2H3,(H,20,22,23). The molecule has 0 aliphatic rings. The van der Waals surface area contributed by atoms with Crippen LogP contribution >= 0.6 is 0 Å². The molecule has 2 aromatic heterocycles. The third-order valence-corrected chi connectivity index (χ3v) is 3.55. The van der Waals surface area contributed by atoms with Gasteiger partial charge in [-0.25, -0.2) is 4.98 Å². The van der Waals surface area contributed by atoms with E-state index >= 15 is 0 Å². The van der Waals surface area contributed by atoms with Crippen LogP contribution in [-0.2, 0) is 0 Å². The van der Waals surface area contributed by atoms with E-state index in [2.05, 4.69) is 15.3 Å². The average Bonchev–Trinajstić information content (AvgIpc) is 2.57. The molecule has 0 aliphatic carbocycles. The molecule has 3 rings (SSSR count). The van der Waals surface area contributed by atoms with E-state index in [4.69, 9.17) is 0 Å². The van der Waals surface area contributed by atoms with Crippen LogP contribution in [0.3, 0.4) is 0 Å². The van der Waals surface area contributed by atoms with Gasteiger partial charge in [0.05, 0.1) is 17.0 Å². The number of rotatable bonds is 3. The fraction of sp³-hybridized carbons (Fsp3) is 0.105. The van der Waals surface area contributed by atoms with Crippen LogP contribution < -0.4 is 5.32 Å². The fourth-order valence-electron chi connectivity index (χ4n) is 2.30. The first-order valence-electron chi connectivity index (χ1n) is 7.40. The van der Waals surface area contributed by atoms with Crippen molar-refractivity contribution in [2.45, 2.75) is 13.8 Å². The monoisotopic (exact) mass is 303 g/mol. The van der Waals surface area contributed by atoms with Gasteiger partial charge in [-0.2, -0.15) is 0 Å². The molecule has 1 amide bonds. The molecule has 2 heterocycles. The van der Waals surface area contributed by atoms with Gasteiger partial charge in [0.15, 0.2) is 0 Å². The number of nitrogens with zero attached hydrogens (tertiary/aromatic N) is 2. The number of benzene rings is 1. The average molecular weight is 303 g/mol. The predicted octanol–water partition coefficient (Wildman–Crippen LogP) is 4.01. The quantitative estimate of drug-likeness (QED) is 0.795. The van der Waals surface area contributed by atoms with Crippen molar-refractivity contribution in [2.24, 2.45) is 0 Å². The Kier molecular flexibility index (Phi) is 4.15. The van der Waals surface area contributed by atoms with Gasteiger partial charge < -0.3 is 5.32 Å². The summed E-state index contributed by atoms with van der Waals surface area (Å²) in [5.74, 6) is 0.332. The molecule has 23 heavy (non-hydrogen) atoms. The number of pyridine rings is 2. The Morgan fingerprint density at radius 3 is 2.39 bits per heavy atom. The topological polar surface area (TPSA) is 54.9 Å². The summed E-state index contributed by atoms with van der Waals surface area (Å²) in [7, 11) is 0. The molecule has 4 heteroatoms. The molecule has 0 spiro atoms. The highest BCUT2D eigenvalue weighted by Gasteiger charge is 2.12. The van der Waals surface area contributed by atoms with Crippen LogP contribution in [0.2, 0.25) is 0 Å². The van der Waals surface area contributed by atoms with Gasteiger partial charge in [-0.05, 0) is 37.6 Å². The minimum absolute atomic E-state index is 0.203. The van der Waals surface area contributed by atoms with Gasteiger partial charge in [-0.15, -0.1) is 0 Å². The maximum absolute atomic E-state index is 12.4. The lowest BCUT2D eigenvalue weighted by Crippen LogP contribution is -2.15. The van der Waals surface area contributed by atoms with Crippen molar-refractivity contribution < 1.29 is 4.79 Å². The van der Waals surface area contributed by atoms with Crippen molar-refractivity contribution in [3.8, 4) is 11.3 Å². The van der Waals surface area contributed by atoms with Crippen LogP contribution in [0.25, 0.3) is 11.3 Å². The highest BCUT2D eigenvalue weighted by molar-refractivity contribution is 6.04. The van der Waals surface area contributed by atoms with Crippen LogP contribution in [0, 0.1) is 13.8 Å². The Labute approximate surface area is 135 Å². The van der Waals surface area contributed by atoms with E-state index in [0.717, 1.165) is 16.8 Å². The van der Waals surface area contributed by atoms with Crippen LogP contribution in [0.4, 0.5) is 5.82 Å². The third-order valence-electron chi connectivity index (χ3n) is 3.55. The highest BCUT2D eigenvalue weighted by atomic mass is 16.1. The Hall–Kier alpha value is -3.01. The Balaban J connectivity index is 1.83. The van der Waals surface area contributed by atoms with E-state index in [1.54, 1.807) is 18.3 Å². The molecule has 0 radical (unpaired) electrons. The normalized spacial score (nSPS) is 10.3. The maximum Gasteiger partial charge on any atom is 0.258 e. The molecule has 0 saturated carbocycles. The third kappa shape index (κ3) is 3.43. The molecule has 114 valence electrons. The van der Waals surface area contributed by atoms with Crippen molar-refractivity contribution in [3.63, 3.8) is 0 Å². The van der Waals surface area contributed by atoms with E-state index in [1.165, 1.54) is 0 Å². The predicted molar refractivity (Wildman–Crippen MR) is 91.3 cm³/mol. The summed E-state index contributed by atoms with van der Waals surface area (Å²) in [6, 6.07) is 17.3. The molecular weight excluding hydrogens is 286 g/mol. The molecule has 4 nitrogen and oxygen atoms in total. The zero-order valence-corrected chi connectivity index (χ0v) is 13.1. The molecule has 0 aliphatic heterocycles. The molecule has 0 saturated heterocycles. The van der Waals surface area contributed by atoms with Crippen LogP contribution in [0.15, 0.2) is 60.8 Å². The van der Waals surface area contributed by atoms with E-state index in [9.17, 15) is 4.79 Å². The van der Waals surface area contributed by atoms with Gasteiger partial charge in [-0.1, -0.05) is 36.4 Å². The summed E-state index contributed by atoms with van der Waals surface area (Å²) in [5, 5.41) is 2.80. The van der Waals surface area contributed by atoms with Gasteiger partial charge >= 0.3 is 0 Å². The molecule has 1 aromatic carbocycles. The SMILES string of the molecule is Cc1ccc(NC(=O)c2ccc(-c3ccccc3)nc2C)nc1. The van der Waals surface area contributed by atoms with Gasteiger partial charge in [0.25, 0.3) is 5.91 Å². The summed E-state index contributed by atoms with van der Waals surface area (Å²) in [6.07, 6.45) is 1.72. The van der Waals surface area contributed by atoms with E-state index in [1.807, 2.05) is 56.3 Å². The van der Waals surface area contributed by atoms with Gasteiger partial charge in [-0.3, -0.25) is 9.78 Å². The lowest BCUT2D eigenvalue weighted by molar-refractivity contribution is 0.102. The largest absolute Gasteiger partial charge is 0.307 e. The Bertz CT molecular complexity index is 827. The fourth-order valence-corrected chi connectivity index (χ4v) is 2.30. The van der Waals surface area contributed by atoms with Crippen molar-refractivity contribution in [1.29, 1.82) is 0 Å². The Morgan fingerprint density at radius 2 is 1.74 bits per heavy atom. The number of anilines is 1. The lowest BCUT2D eigenvalue weighted by atomic mass is 10.1. The molecule has 3 aromatic rings. The second-order valence-corrected chi connectivity index (χ2v) is 5.37. The molecule has 0 unspecified atom stereocenters. The zero-order chi connectivity index (χ0) is 16.2. The van der Waals surface area contributed by atoms with E-state index in [0.29, 0.717) is 17.1 Å². The van der Waals surface area contributed by atoms with Crippen LogP contribution in [0.5, 0.6) is 0 Å². The number of carbonyl (C=O) groups is 1. The molecular formula is C19H17N3O. The maximum atomic E-state index is 12.4. The summed E-state index contributed by atoms with van der Waals surface area (Å²) in [4.78, 5) is 21.1. The van der Waals surface area contributed by atoms with Crippen molar-refractivity contribution in [3.05, 3.63) is 77.6 Å². The first-order chi connectivity index (χ1) is 11.1. The van der Waals surface area contributed by atoms with E-state index < -0.39 is 0 Å². The molecule has 0 atom stereocenters. The minimum atomic E-state index is -0.203. The van der Waals surface area contributed by atoms with E-state index in [-0.39, 0.29) is 5.91 Å². The number of aryl methyl sites for hydroxylation is 2. The summed E-state index contributed by atoms with van der Waals surface area (Å²) in [5.41, 5.74) is 4.17. The second kappa shape index (κ2) is 6.40. The number of nitrogens with one attached hydrogen (secondary N) is 1. The van der Waals surface area contributed by atoms with Crippen molar-refractivity contribution in [2.75, 3.05) is 5.32 Å². The number of carbonyl (C=O) groups excluding carboxylic acids is 1. The summed E-state index contributed by atoms with van der Waals surface area (Å²) >= 11 is 0. The highest BCUT2D eigenvalue weighted by Crippen LogP contribution is 2.19. The molecule has 0 bridgehead atoms. The summed E-state index contributed by atoms with van der Waals surface area (Å²) < 4.78 is 0. The lowest BCUT2D eigenvalue weighted by Gasteiger charge is -2.09. The molecule has 1 N–H and O–H groups in total. The second-order valence-electron chi connectivity index (χ2n) is 5.37. The smallest absolute Gasteiger partial charge is 0.258 e. The number of amides is 1. The molecule has 0 fully saturated rings. The first kappa shape index (κ1) is 14.9. The minimum Gasteiger partial charge on any atom is -0.307 e. The van der Waals surface area contributed by atoms with Crippen molar-refractivity contribution in [1.82, 2.24) is 9.97 Å². The van der Waals surface area contributed by atoms with Gasteiger partial charge in [0, 0.05) is 11.8 Å². The van der Waals surface area contributed by atoms with Crippen LogP contribution in [0.1, 0.15) is 21.6 Å². The number of hydrogen-bond donors (Lipinski definition) is 1. The van der Waals surface area contributed by atoms with Gasteiger partial charge in [0.1, 0.15) is 5.82 Å². The van der Waals surface area contributed by atoms with Gasteiger partial charge in [0.2, 0.25) is 0 Å². The summed E-state index contributed by atoms with van der Waals surface area (Å²) in [6.45, 7) is 3.79. The van der Waals surface area contributed by atoms with Crippen molar-refractivity contribution >= 4 is 11.7 Å². The Morgan fingerprint density at radius 1 is 0.957 bits per heavy atom. The number of hydrogen-bond acceptors (Lipinski definition) is 3. The number of aromatic nitrogens is 2. The zero-order valence-electron chi connectivity index (χ0n) is 13.1.